The summed E-state index contributed by atoms with van der Waals surface area (Å²) in [5.41, 5.74) is 2.92. The molecule has 0 spiro atoms. The summed E-state index contributed by atoms with van der Waals surface area (Å²) in [7, 11) is -0.704. The van der Waals surface area contributed by atoms with Gasteiger partial charge in [-0.05, 0) is 13.0 Å². The van der Waals surface area contributed by atoms with Crippen molar-refractivity contribution in [3.63, 3.8) is 0 Å². The number of rotatable bonds is 6. The molecule has 0 amide bonds. The number of hydrogen-bond acceptors (Lipinski definition) is 4. The second-order valence-corrected chi connectivity index (χ2v) is 5.78. The first-order valence-corrected chi connectivity index (χ1v) is 7.16. The highest BCUT2D eigenvalue weighted by Gasteiger charge is 2.04. The Bertz CT molecular complexity index is 274. The maximum Gasteiger partial charge on any atom is 0.0795 e. The minimum atomic E-state index is -0.704. The molecule has 0 bridgehead atoms. The van der Waals surface area contributed by atoms with Gasteiger partial charge in [0.05, 0.1) is 11.2 Å². The van der Waals surface area contributed by atoms with E-state index in [-0.39, 0.29) is 5.25 Å². The van der Waals surface area contributed by atoms with E-state index in [1.54, 1.807) is 17.6 Å². The molecule has 1 aromatic rings. The molecule has 2 atom stereocenters. The van der Waals surface area contributed by atoms with Crippen LogP contribution in [-0.4, -0.2) is 27.2 Å². The topological polar surface area (TPSA) is 42.0 Å². The fourth-order valence-electron chi connectivity index (χ4n) is 1.01. The Morgan fingerprint density at radius 3 is 3.07 bits per heavy atom. The molecule has 0 radical (unpaired) electrons. The average molecular weight is 232 g/mol. The molecule has 0 aliphatic rings. The van der Waals surface area contributed by atoms with Gasteiger partial charge in [-0.15, -0.1) is 11.3 Å². The number of nitrogens with one attached hydrogen (secondary N) is 1. The molecule has 1 aromatic heterocycles. The van der Waals surface area contributed by atoms with E-state index >= 15 is 0 Å². The summed E-state index contributed by atoms with van der Waals surface area (Å²) in [5, 5.41) is 5.60. The standard InChI is InChI=1S/C9H16N2OS2/c1-8(14(2)12)3-4-10-5-9-6-13-7-11-9/h6-8,10H,3-5H2,1-2H3. The van der Waals surface area contributed by atoms with Crippen molar-refractivity contribution in [2.24, 2.45) is 0 Å². The highest BCUT2D eigenvalue weighted by atomic mass is 32.2. The Hall–Kier alpha value is -0.260. The van der Waals surface area contributed by atoms with Gasteiger partial charge in [0.1, 0.15) is 0 Å². The van der Waals surface area contributed by atoms with Gasteiger partial charge in [-0.2, -0.15) is 0 Å². The van der Waals surface area contributed by atoms with Gasteiger partial charge in [0, 0.05) is 34.2 Å². The van der Waals surface area contributed by atoms with Gasteiger partial charge in [0.25, 0.3) is 0 Å². The largest absolute Gasteiger partial charge is 0.311 e. The van der Waals surface area contributed by atoms with Crippen LogP contribution in [0, 0.1) is 0 Å². The molecular weight excluding hydrogens is 216 g/mol. The summed E-state index contributed by atoms with van der Waals surface area (Å²) in [6.45, 7) is 3.73. The van der Waals surface area contributed by atoms with Gasteiger partial charge in [-0.3, -0.25) is 4.21 Å². The zero-order valence-electron chi connectivity index (χ0n) is 8.53. The average Bonchev–Trinajstić information content (AvgIpc) is 2.64. The number of thiazole rings is 1. The zero-order chi connectivity index (χ0) is 10.4. The molecule has 80 valence electrons. The van der Waals surface area contributed by atoms with Gasteiger partial charge < -0.3 is 5.32 Å². The summed E-state index contributed by atoms with van der Waals surface area (Å²) in [5.74, 6) is 0. The minimum absolute atomic E-state index is 0.276. The Morgan fingerprint density at radius 1 is 1.71 bits per heavy atom. The monoisotopic (exact) mass is 232 g/mol. The molecule has 0 aliphatic heterocycles. The van der Waals surface area contributed by atoms with Crippen molar-refractivity contribution < 1.29 is 4.21 Å². The van der Waals surface area contributed by atoms with Crippen molar-refractivity contribution in [2.75, 3.05) is 12.8 Å². The van der Waals surface area contributed by atoms with Crippen LogP contribution in [-0.2, 0) is 17.3 Å². The van der Waals surface area contributed by atoms with Gasteiger partial charge in [-0.1, -0.05) is 6.92 Å². The Labute approximate surface area is 91.4 Å². The summed E-state index contributed by atoms with van der Waals surface area (Å²) >= 11 is 1.61. The van der Waals surface area contributed by atoms with Gasteiger partial charge in [0.15, 0.2) is 0 Å². The molecule has 0 saturated heterocycles. The first-order valence-electron chi connectivity index (χ1n) is 4.60. The number of nitrogens with zero attached hydrogens (tertiary/aromatic N) is 1. The van der Waals surface area contributed by atoms with E-state index in [2.05, 4.69) is 10.3 Å². The maximum atomic E-state index is 11.0. The summed E-state index contributed by atoms with van der Waals surface area (Å²) in [4.78, 5) is 4.16. The van der Waals surface area contributed by atoms with E-state index in [0.717, 1.165) is 25.2 Å². The van der Waals surface area contributed by atoms with Crippen molar-refractivity contribution in [3.05, 3.63) is 16.6 Å². The summed E-state index contributed by atoms with van der Waals surface area (Å²) < 4.78 is 11.0. The molecule has 1 heterocycles. The van der Waals surface area contributed by atoms with Crippen LogP contribution < -0.4 is 5.32 Å². The third-order valence-corrected chi connectivity index (χ3v) is 4.09. The lowest BCUT2D eigenvalue weighted by molar-refractivity contribution is 0.624. The molecule has 1 rings (SSSR count). The van der Waals surface area contributed by atoms with E-state index < -0.39 is 10.8 Å². The smallest absolute Gasteiger partial charge is 0.0795 e. The normalized spacial score (nSPS) is 15.3. The first kappa shape index (κ1) is 11.8. The van der Waals surface area contributed by atoms with Crippen molar-refractivity contribution in [2.45, 2.75) is 25.1 Å². The molecule has 0 aromatic carbocycles. The molecule has 0 aliphatic carbocycles. The molecule has 2 unspecified atom stereocenters. The summed E-state index contributed by atoms with van der Waals surface area (Å²) in [6, 6.07) is 0. The zero-order valence-corrected chi connectivity index (χ0v) is 10.2. The third-order valence-electron chi connectivity index (χ3n) is 2.08. The lowest BCUT2D eigenvalue weighted by Gasteiger charge is -2.07. The molecule has 0 fully saturated rings. The van der Waals surface area contributed by atoms with Crippen LogP contribution in [0.2, 0.25) is 0 Å². The number of aromatic nitrogens is 1. The van der Waals surface area contributed by atoms with Crippen molar-refractivity contribution in [3.8, 4) is 0 Å². The second-order valence-electron chi connectivity index (χ2n) is 3.25. The van der Waals surface area contributed by atoms with E-state index in [1.165, 1.54) is 0 Å². The predicted molar refractivity (Wildman–Crippen MR) is 62.0 cm³/mol. The van der Waals surface area contributed by atoms with E-state index in [0.29, 0.717) is 0 Å². The molecule has 3 nitrogen and oxygen atoms in total. The molecular formula is C9H16N2OS2. The van der Waals surface area contributed by atoms with Crippen molar-refractivity contribution in [1.82, 2.24) is 10.3 Å². The quantitative estimate of drug-likeness (QED) is 0.754. The fraction of sp³-hybridized carbons (Fsp3) is 0.667. The van der Waals surface area contributed by atoms with Crippen LogP contribution in [0.4, 0.5) is 0 Å². The van der Waals surface area contributed by atoms with E-state index in [4.69, 9.17) is 0 Å². The van der Waals surface area contributed by atoms with Gasteiger partial charge in [-0.25, -0.2) is 4.98 Å². The first-order chi connectivity index (χ1) is 6.70. The third kappa shape index (κ3) is 4.30. The van der Waals surface area contributed by atoms with Gasteiger partial charge >= 0.3 is 0 Å². The predicted octanol–water partition coefficient (Wildman–Crippen LogP) is 1.39. The van der Waals surface area contributed by atoms with Crippen LogP contribution in [0.25, 0.3) is 0 Å². The van der Waals surface area contributed by atoms with E-state index in [9.17, 15) is 4.21 Å². The van der Waals surface area contributed by atoms with Crippen molar-refractivity contribution >= 4 is 22.1 Å². The highest BCUT2D eigenvalue weighted by Crippen LogP contribution is 2.01. The van der Waals surface area contributed by atoms with Crippen LogP contribution in [0.15, 0.2) is 10.9 Å². The Morgan fingerprint density at radius 2 is 2.50 bits per heavy atom. The van der Waals surface area contributed by atoms with Crippen LogP contribution in [0.1, 0.15) is 19.0 Å². The molecule has 5 heteroatoms. The lowest BCUT2D eigenvalue weighted by atomic mass is 10.3. The molecule has 0 saturated carbocycles. The Balaban J connectivity index is 2.08. The van der Waals surface area contributed by atoms with Crippen LogP contribution in [0.5, 0.6) is 0 Å². The maximum absolute atomic E-state index is 11.0. The fourth-order valence-corrected chi connectivity index (χ4v) is 2.02. The highest BCUT2D eigenvalue weighted by molar-refractivity contribution is 7.84. The number of hydrogen-bond donors (Lipinski definition) is 1. The second kappa shape index (κ2) is 6.27. The summed E-state index contributed by atoms with van der Waals surface area (Å²) in [6.07, 6.45) is 2.71. The molecule has 1 N–H and O–H groups in total. The lowest BCUT2D eigenvalue weighted by Crippen LogP contribution is -2.21. The van der Waals surface area contributed by atoms with E-state index in [1.807, 2.05) is 17.8 Å². The molecule has 14 heavy (non-hydrogen) atoms. The van der Waals surface area contributed by atoms with Crippen molar-refractivity contribution in [1.29, 1.82) is 0 Å². The van der Waals surface area contributed by atoms with Gasteiger partial charge in [0.2, 0.25) is 0 Å². The van der Waals surface area contributed by atoms with Crippen LogP contribution in [0.3, 0.4) is 0 Å². The SMILES string of the molecule is CC(CCNCc1cscn1)S(C)=O. The Kier molecular flexibility index (Phi) is 5.29. The van der Waals surface area contributed by atoms with Crippen LogP contribution >= 0.6 is 11.3 Å². The minimum Gasteiger partial charge on any atom is -0.311 e.